The van der Waals surface area contributed by atoms with E-state index in [1.807, 2.05) is 6.20 Å². The molecule has 3 aromatic rings. The van der Waals surface area contributed by atoms with E-state index in [1.165, 1.54) is 22.0 Å². The molecule has 0 saturated heterocycles. The van der Waals surface area contributed by atoms with Gasteiger partial charge in [0.15, 0.2) is 0 Å². The van der Waals surface area contributed by atoms with Crippen molar-refractivity contribution < 1.29 is 0 Å². The molecule has 0 aliphatic carbocycles. The van der Waals surface area contributed by atoms with Crippen LogP contribution in [0.2, 0.25) is 0 Å². The Labute approximate surface area is 130 Å². The zero-order valence-electron chi connectivity index (χ0n) is 12.0. The molecule has 0 saturated carbocycles. The number of benzene rings is 1. The molecule has 0 bridgehead atoms. The molecule has 0 amide bonds. The van der Waals surface area contributed by atoms with Gasteiger partial charge in [0, 0.05) is 37.9 Å². The Hall–Kier alpha value is -2.00. The molecule has 1 aliphatic heterocycles. The second kappa shape index (κ2) is 5.41. The molecule has 0 N–H and O–H groups in total. The smallest absolute Gasteiger partial charge is 0.138 e. The summed E-state index contributed by atoms with van der Waals surface area (Å²) in [7, 11) is 2.08. The maximum atomic E-state index is 4.63. The number of nitrogens with zero attached hydrogens (tertiary/aromatic N) is 3. The number of anilines is 1. The summed E-state index contributed by atoms with van der Waals surface area (Å²) in [6, 6.07) is 13.0. The highest BCUT2D eigenvalue weighted by Gasteiger charge is 2.19. The van der Waals surface area contributed by atoms with Gasteiger partial charge in [0.05, 0.1) is 5.52 Å². The third-order valence-electron chi connectivity index (χ3n) is 4.22. The van der Waals surface area contributed by atoms with Gasteiger partial charge in [0.1, 0.15) is 5.82 Å². The number of hydrogen-bond donors (Lipinski definition) is 0. The molecule has 4 rings (SSSR count). The Morgan fingerprint density at radius 3 is 2.71 bits per heavy atom. The minimum atomic E-state index is 0. The standard InChI is InChI=1S/C17H17N3.ClH/c1-19-10-8-15-16(19)6-9-18-17(15)20-11-7-13-4-2-3-5-14(13)12-20;/h2-6,8-10H,7,11-12H2,1H3;1H. The molecule has 0 fully saturated rings. The second-order valence-electron chi connectivity index (χ2n) is 5.43. The predicted octanol–water partition coefficient (Wildman–Crippen LogP) is 3.56. The third-order valence-corrected chi connectivity index (χ3v) is 4.22. The van der Waals surface area contributed by atoms with Crippen LogP contribution < -0.4 is 4.90 Å². The van der Waals surface area contributed by atoms with E-state index in [1.54, 1.807) is 0 Å². The first-order valence-electron chi connectivity index (χ1n) is 7.05. The van der Waals surface area contributed by atoms with Gasteiger partial charge in [-0.3, -0.25) is 0 Å². The van der Waals surface area contributed by atoms with Crippen LogP contribution in [-0.4, -0.2) is 16.1 Å². The Morgan fingerprint density at radius 2 is 1.86 bits per heavy atom. The highest BCUT2D eigenvalue weighted by molar-refractivity contribution is 5.90. The number of fused-ring (bicyclic) bond motifs is 2. The lowest BCUT2D eigenvalue weighted by atomic mass is 10.00. The van der Waals surface area contributed by atoms with Gasteiger partial charge in [-0.1, -0.05) is 24.3 Å². The largest absolute Gasteiger partial charge is 0.351 e. The van der Waals surface area contributed by atoms with Crippen LogP contribution in [0.5, 0.6) is 0 Å². The van der Waals surface area contributed by atoms with Gasteiger partial charge in [0.2, 0.25) is 0 Å². The number of aromatic nitrogens is 2. The fourth-order valence-electron chi connectivity index (χ4n) is 3.11. The molecule has 3 nitrogen and oxygen atoms in total. The lowest BCUT2D eigenvalue weighted by molar-refractivity contribution is 0.724. The van der Waals surface area contributed by atoms with Crippen molar-refractivity contribution in [3.63, 3.8) is 0 Å². The van der Waals surface area contributed by atoms with E-state index < -0.39 is 0 Å². The van der Waals surface area contributed by atoms with Crippen LogP contribution in [0.4, 0.5) is 5.82 Å². The number of aryl methyl sites for hydroxylation is 1. The summed E-state index contributed by atoms with van der Waals surface area (Å²) in [5.74, 6) is 1.11. The van der Waals surface area contributed by atoms with Crippen LogP contribution in [0.1, 0.15) is 11.1 Å². The van der Waals surface area contributed by atoms with Crippen LogP contribution in [0.3, 0.4) is 0 Å². The summed E-state index contributed by atoms with van der Waals surface area (Å²) < 4.78 is 2.15. The Balaban J connectivity index is 0.00000132. The second-order valence-corrected chi connectivity index (χ2v) is 5.43. The van der Waals surface area contributed by atoms with E-state index in [0.717, 1.165) is 25.3 Å². The van der Waals surface area contributed by atoms with Crippen molar-refractivity contribution in [2.24, 2.45) is 7.05 Å². The van der Waals surface area contributed by atoms with Crippen LogP contribution in [-0.2, 0) is 20.0 Å². The maximum absolute atomic E-state index is 4.63. The number of pyridine rings is 1. The highest BCUT2D eigenvalue weighted by atomic mass is 35.5. The predicted molar refractivity (Wildman–Crippen MR) is 89.2 cm³/mol. The van der Waals surface area contributed by atoms with E-state index >= 15 is 0 Å². The molecular formula is C17H18ClN3. The maximum Gasteiger partial charge on any atom is 0.138 e. The number of rotatable bonds is 1. The zero-order valence-corrected chi connectivity index (χ0v) is 12.8. The van der Waals surface area contributed by atoms with Gasteiger partial charge in [0.25, 0.3) is 0 Å². The molecule has 2 aromatic heterocycles. The average Bonchev–Trinajstić information content (AvgIpc) is 2.88. The van der Waals surface area contributed by atoms with Crippen molar-refractivity contribution in [2.75, 3.05) is 11.4 Å². The van der Waals surface area contributed by atoms with E-state index in [0.29, 0.717) is 0 Å². The molecule has 3 heterocycles. The normalized spacial score (nSPS) is 13.9. The Morgan fingerprint density at radius 1 is 1.05 bits per heavy atom. The highest BCUT2D eigenvalue weighted by Crippen LogP contribution is 2.29. The van der Waals surface area contributed by atoms with E-state index in [4.69, 9.17) is 0 Å². The van der Waals surface area contributed by atoms with Crippen LogP contribution in [0, 0.1) is 0 Å². The van der Waals surface area contributed by atoms with Gasteiger partial charge in [-0.2, -0.15) is 0 Å². The monoisotopic (exact) mass is 299 g/mol. The molecule has 108 valence electrons. The third kappa shape index (κ3) is 2.28. The van der Waals surface area contributed by atoms with Crippen LogP contribution >= 0.6 is 12.4 Å². The SMILES string of the molecule is Cl.Cn1ccc2c(N3CCc4ccccc4C3)nccc21. The number of hydrogen-bond acceptors (Lipinski definition) is 2. The van der Waals surface area contributed by atoms with E-state index in [2.05, 4.69) is 64.1 Å². The molecule has 21 heavy (non-hydrogen) atoms. The van der Waals surface area contributed by atoms with Gasteiger partial charge >= 0.3 is 0 Å². The molecule has 1 aromatic carbocycles. The molecule has 0 spiro atoms. The van der Waals surface area contributed by atoms with Crippen molar-refractivity contribution in [1.29, 1.82) is 0 Å². The average molecular weight is 300 g/mol. The summed E-state index contributed by atoms with van der Waals surface area (Å²) in [6.07, 6.45) is 5.12. The van der Waals surface area contributed by atoms with Crippen molar-refractivity contribution in [2.45, 2.75) is 13.0 Å². The van der Waals surface area contributed by atoms with Crippen molar-refractivity contribution in [3.8, 4) is 0 Å². The van der Waals surface area contributed by atoms with Gasteiger partial charge in [-0.05, 0) is 29.7 Å². The molecule has 4 heteroatoms. The minimum Gasteiger partial charge on any atom is -0.351 e. The first-order valence-corrected chi connectivity index (χ1v) is 7.05. The van der Waals surface area contributed by atoms with Gasteiger partial charge in [-0.25, -0.2) is 4.98 Å². The fraction of sp³-hybridized carbons (Fsp3) is 0.235. The van der Waals surface area contributed by atoms with E-state index in [-0.39, 0.29) is 12.4 Å². The molecule has 1 aliphatic rings. The van der Waals surface area contributed by atoms with Gasteiger partial charge < -0.3 is 9.47 Å². The number of halogens is 1. The molecule has 0 radical (unpaired) electrons. The lowest BCUT2D eigenvalue weighted by Crippen LogP contribution is -2.31. The van der Waals surface area contributed by atoms with Crippen molar-refractivity contribution in [1.82, 2.24) is 9.55 Å². The summed E-state index contributed by atoms with van der Waals surface area (Å²) in [6.45, 7) is 2.00. The van der Waals surface area contributed by atoms with Gasteiger partial charge in [-0.15, -0.1) is 12.4 Å². The quantitative estimate of drug-likeness (QED) is 0.685. The minimum absolute atomic E-state index is 0. The summed E-state index contributed by atoms with van der Waals surface area (Å²) in [4.78, 5) is 7.02. The molecule has 0 atom stereocenters. The summed E-state index contributed by atoms with van der Waals surface area (Å²) in [5, 5.41) is 1.24. The van der Waals surface area contributed by atoms with Crippen molar-refractivity contribution >= 4 is 29.1 Å². The van der Waals surface area contributed by atoms with E-state index in [9.17, 15) is 0 Å². The zero-order chi connectivity index (χ0) is 13.5. The topological polar surface area (TPSA) is 21.1 Å². The fourth-order valence-corrected chi connectivity index (χ4v) is 3.11. The summed E-state index contributed by atoms with van der Waals surface area (Å²) in [5.41, 5.74) is 4.14. The van der Waals surface area contributed by atoms with Crippen molar-refractivity contribution in [3.05, 3.63) is 59.9 Å². The van der Waals surface area contributed by atoms with Crippen LogP contribution in [0.25, 0.3) is 10.9 Å². The lowest BCUT2D eigenvalue weighted by Gasteiger charge is -2.30. The Bertz CT molecular complexity index is 779. The first kappa shape index (κ1) is 14.0. The first-order chi connectivity index (χ1) is 9.83. The molecular weight excluding hydrogens is 282 g/mol. The summed E-state index contributed by atoms with van der Waals surface area (Å²) >= 11 is 0. The Kier molecular flexibility index (Phi) is 3.60. The molecule has 0 unspecified atom stereocenters. The van der Waals surface area contributed by atoms with Crippen LogP contribution in [0.15, 0.2) is 48.8 Å².